The molecule has 3 aromatic carbocycles. The lowest BCUT2D eigenvalue weighted by Crippen LogP contribution is -2.38. The summed E-state index contributed by atoms with van der Waals surface area (Å²) in [6.45, 7) is 0.419. The standard InChI is InChI=1S/C24H21N3O2/c28-23(18-27-24(29)22-14-8-7-11-20(22)17-25-27)26(21-12-5-2-6-13-21)16-15-19-9-3-1-4-10-19/h1-14,17H,15-16,18H2. The highest BCUT2D eigenvalue weighted by Crippen LogP contribution is 2.15. The number of nitrogens with zero attached hydrogens (tertiary/aromatic N) is 3. The summed E-state index contributed by atoms with van der Waals surface area (Å²) in [7, 11) is 0. The highest BCUT2D eigenvalue weighted by molar-refractivity contribution is 5.93. The minimum absolute atomic E-state index is 0.104. The van der Waals surface area contributed by atoms with Gasteiger partial charge in [0.25, 0.3) is 5.56 Å². The van der Waals surface area contributed by atoms with Gasteiger partial charge < -0.3 is 4.90 Å². The number of rotatable bonds is 6. The Morgan fingerprint density at radius 2 is 1.52 bits per heavy atom. The van der Waals surface area contributed by atoms with E-state index in [4.69, 9.17) is 0 Å². The van der Waals surface area contributed by atoms with Crippen molar-refractivity contribution in [3.63, 3.8) is 0 Å². The molecule has 0 fully saturated rings. The van der Waals surface area contributed by atoms with E-state index in [1.807, 2.05) is 78.9 Å². The van der Waals surface area contributed by atoms with E-state index in [0.717, 1.165) is 23.1 Å². The lowest BCUT2D eigenvalue weighted by molar-refractivity contribution is -0.119. The van der Waals surface area contributed by atoms with Crippen LogP contribution < -0.4 is 10.5 Å². The van der Waals surface area contributed by atoms with Crippen LogP contribution in [0.3, 0.4) is 0 Å². The van der Waals surface area contributed by atoms with Crippen LogP contribution in [0.5, 0.6) is 0 Å². The second-order valence-corrected chi connectivity index (χ2v) is 6.81. The number of para-hydroxylation sites is 1. The fourth-order valence-corrected chi connectivity index (χ4v) is 3.35. The van der Waals surface area contributed by atoms with E-state index in [0.29, 0.717) is 11.9 Å². The van der Waals surface area contributed by atoms with E-state index in [-0.39, 0.29) is 18.0 Å². The van der Waals surface area contributed by atoms with Crippen molar-refractivity contribution in [1.82, 2.24) is 9.78 Å². The summed E-state index contributed by atoms with van der Waals surface area (Å²) in [4.78, 5) is 27.6. The molecule has 1 heterocycles. The molecule has 1 amide bonds. The lowest BCUT2D eigenvalue weighted by Gasteiger charge is -2.23. The molecule has 0 aliphatic rings. The van der Waals surface area contributed by atoms with Crippen LogP contribution in [0.2, 0.25) is 0 Å². The maximum absolute atomic E-state index is 13.1. The van der Waals surface area contributed by atoms with E-state index in [9.17, 15) is 9.59 Å². The van der Waals surface area contributed by atoms with Gasteiger partial charge in [0.1, 0.15) is 6.54 Å². The SMILES string of the molecule is O=C(Cn1ncc2ccccc2c1=O)N(CCc1ccccc1)c1ccccc1. The summed E-state index contributed by atoms with van der Waals surface area (Å²) in [6, 6.07) is 26.8. The van der Waals surface area contributed by atoms with Gasteiger partial charge in [-0.15, -0.1) is 0 Å². The summed E-state index contributed by atoms with van der Waals surface area (Å²) < 4.78 is 1.24. The highest BCUT2D eigenvalue weighted by atomic mass is 16.2. The number of amides is 1. The summed E-state index contributed by atoms with van der Waals surface area (Å²) in [5, 5.41) is 5.53. The van der Waals surface area contributed by atoms with Crippen molar-refractivity contribution in [3.8, 4) is 0 Å². The number of aromatic nitrogens is 2. The predicted molar refractivity (Wildman–Crippen MR) is 115 cm³/mol. The van der Waals surface area contributed by atoms with Crippen LogP contribution in [0.15, 0.2) is 95.9 Å². The summed E-state index contributed by atoms with van der Waals surface area (Å²) in [5.74, 6) is -0.169. The van der Waals surface area contributed by atoms with Crippen LogP contribution >= 0.6 is 0 Å². The Bertz CT molecular complexity index is 1170. The van der Waals surface area contributed by atoms with Crippen molar-refractivity contribution in [2.75, 3.05) is 11.4 Å². The largest absolute Gasteiger partial charge is 0.310 e. The molecule has 0 aliphatic heterocycles. The van der Waals surface area contributed by atoms with Crippen LogP contribution in [0.1, 0.15) is 5.56 Å². The highest BCUT2D eigenvalue weighted by Gasteiger charge is 2.17. The van der Waals surface area contributed by atoms with Gasteiger partial charge in [-0.05, 0) is 30.2 Å². The van der Waals surface area contributed by atoms with Gasteiger partial charge in [0, 0.05) is 17.6 Å². The van der Waals surface area contributed by atoms with Crippen molar-refractivity contribution in [1.29, 1.82) is 0 Å². The third-order valence-corrected chi connectivity index (χ3v) is 4.88. The first-order chi connectivity index (χ1) is 14.2. The van der Waals surface area contributed by atoms with Crippen molar-refractivity contribution in [2.45, 2.75) is 13.0 Å². The molecule has 5 heteroatoms. The first-order valence-corrected chi connectivity index (χ1v) is 9.56. The molecule has 0 spiro atoms. The molecular formula is C24H21N3O2. The zero-order chi connectivity index (χ0) is 20.1. The van der Waals surface area contributed by atoms with Gasteiger partial charge in [-0.2, -0.15) is 5.10 Å². The molecule has 1 aromatic heterocycles. The quantitative estimate of drug-likeness (QED) is 0.510. The predicted octanol–water partition coefficient (Wildman–Crippen LogP) is 3.67. The topological polar surface area (TPSA) is 55.2 Å². The van der Waals surface area contributed by atoms with E-state index < -0.39 is 0 Å². The summed E-state index contributed by atoms with van der Waals surface area (Å²) in [6.07, 6.45) is 2.35. The summed E-state index contributed by atoms with van der Waals surface area (Å²) >= 11 is 0. The molecule has 144 valence electrons. The molecule has 4 aromatic rings. The Morgan fingerprint density at radius 1 is 0.862 bits per heavy atom. The summed E-state index contributed by atoms with van der Waals surface area (Å²) in [5.41, 5.74) is 1.71. The van der Waals surface area contributed by atoms with Gasteiger partial charge in [0.05, 0.1) is 11.6 Å². The second-order valence-electron chi connectivity index (χ2n) is 6.81. The van der Waals surface area contributed by atoms with Gasteiger partial charge in [-0.1, -0.05) is 66.7 Å². The second kappa shape index (κ2) is 8.52. The molecule has 0 unspecified atom stereocenters. The van der Waals surface area contributed by atoms with Crippen molar-refractivity contribution in [3.05, 3.63) is 107 Å². The number of anilines is 1. The number of hydrogen-bond donors (Lipinski definition) is 0. The minimum atomic E-state index is -0.257. The number of carbonyl (C=O) groups is 1. The molecule has 0 aliphatic carbocycles. The lowest BCUT2D eigenvalue weighted by atomic mass is 10.1. The van der Waals surface area contributed by atoms with Gasteiger partial charge in [-0.25, -0.2) is 4.68 Å². The average molecular weight is 383 g/mol. The molecular weight excluding hydrogens is 362 g/mol. The van der Waals surface area contributed by atoms with E-state index in [2.05, 4.69) is 5.10 Å². The number of fused-ring (bicyclic) bond motifs is 1. The van der Waals surface area contributed by atoms with E-state index >= 15 is 0 Å². The fraction of sp³-hybridized carbons (Fsp3) is 0.125. The van der Waals surface area contributed by atoms with Gasteiger partial charge >= 0.3 is 0 Å². The normalized spacial score (nSPS) is 10.8. The van der Waals surface area contributed by atoms with Gasteiger partial charge in [0.15, 0.2) is 0 Å². The molecule has 0 saturated heterocycles. The van der Waals surface area contributed by atoms with Crippen molar-refractivity contribution < 1.29 is 4.79 Å². The van der Waals surface area contributed by atoms with Crippen molar-refractivity contribution in [2.24, 2.45) is 0 Å². The molecule has 0 saturated carbocycles. The first kappa shape index (κ1) is 18.6. The number of carbonyl (C=O) groups excluding carboxylic acids is 1. The Balaban J connectivity index is 1.60. The molecule has 0 atom stereocenters. The van der Waals surface area contributed by atoms with Crippen LogP contribution in [-0.2, 0) is 17.8 Å². The van der Waals surface area contributed by atoms with E-state index in [1.165, 1.54) is 4.68 Å². The fourth-order valence-electron chi connectivity index (χ4n) is 3.35. The van der Waals surface area contributed by atoms with Crippen LogP contribution in [0.25, 0.3) is 10.8 Å². The maximum atomic E-state index is 13.1. The third kappa shape index (κ3) is 4.24. The zero-order valence-electron chi connectivity index (χ0n) is 15.9. The van der Waals surface area contributed by atoms with Crippen LogP contribution in [0.4, 0.5) is 5.69 Å². The monoisotopic (exact) mass is 383 g/mol. The Labute approximate surface area is 168 Å². The van der Waals surface area contributed by atoms with Gasteiger partial charge in [0.2, 0.25) is 5.91 Å². The Morgan fingerprint density at radius 3 is 2.28 bits per heavy atom. The third-order valence-electron chi connectivity index (χ3n) is 4.88. The first-order valence-electron chi connectivity index (χ1n) is 9.56. The van der Waals surface area contributed by atoms with E-state index in [1.54, 1.807) is 17.2 Å². The maximum Gasteiger partial charge on any atom is 0.275 e. The van der Waals surface area contributed by atoms with Crippen LogP contribution in [-0.4, -0.2) is 22.2 Å². The molecule has 29 heavy (non-hydrogen) atoms. The van der Waals surface area contributed by atoms with Crippen LogP contribution in [0, 0.1) is 0 Å². The molecule has 4 rings (SSSR count). The molecule has 0 radical (unpaired) electrons. The zero-order valence-corrected chi connectivity index (χ0v) is 15.9. The average Bonchev–Trinajstić information content (AvgIpc) is 2.77. The Kier molecular flexibility index (Phi) is 5.47. The number of hydrogen-bond acceptors (Lipinski definition) is 3. The smallest absolute Gasteiger partial charge is 0.275 e. The van der Waals surface area contributed by atoms with Crippen molar-refractivity contribution >= 4 is 22.4 Å². The molecule has 0 bridgehead atoms. The Hall–Kier alpha value is -3.73. The minimum Gasteiger partial charge on any atom is -0.310 e. The molecule has 5 nitrogen and oxygen atoms in total. The number of benzene rings is 3. The molecule has 0 N–H and O–H groups in total. The van der Waals surface area contributed by atoms with Gasteiger partial charge in [-0.3, -0.25) is 9.59 Å².